The molecule has 1 amide bonds. The van der Waals surface area contributed by atoms with E-state index in [1.807, 2.05) is 24.3 Å². The fourth-order valence-corrected chi connectivity index (χ4v) is 2.81. The number of para-hydroxylation sites is 2. The van der Waals surface area contributed by atoms with E-state index in [1.54, 1.807) is 35.4 Å². The topological polar surface area (TPSA) is 87.5 Å². The number of carbonyl (C=O) groups is 1. The Hall–Kier alpha value is -3.55. The van der Waals surface area contributed by atoms with Crippen molar-refractivity contribution in [2.45, 2.75) is 12.6 Å². The highest BCUT2D eigenvalue weighted by Gasteiger charge is 2.21. The molecule has 8 heteroatoms. The van der Waals surface area contributed by atoms with E-state index in [0.717, 1.165) is 11.5 Å². The third-order valence-electron chi connectivity index (χ3n) is 4.06. The molecule has 0 aliphatic carbocycles. The average Bonchev–Trinajstić information content (AvgIpc) is 3.14. The number of hydrogen-bond donors (Lipinski definition) is 1. The summed E-state index contributed by atoms with van der Waals surface area (Å²) in [6.45, 7) is 0.936. The molecule has 1 aliphatic rings. The minimum Gasteiger partial charge on any atom is -0.486 e. The Morgan fingerprint density at radius 3 is 3.00 bits per heavy atom. The summed E-state index contributed by atoms with van der Waals surface area (Å²) in [6, 6.07) is 10.9. The molecule has 27 heavy (non-hydrogen) atoms. The van der Waals surface area contributed by atoms with Crippen molar-refractivity contribution in [2.75, 3.05) is 19.0 Å². The lowest BCUT2D eigenvalue weighted by atomic mass is 10.2. The van der Waals surface area contributed by atoms with Gasteiger partial charge in [-0.05, 0) is 24.3 Å². The van der Waals surface area contributed by atoms with Crippen LogP contribution in [0.2, 0.25) is 0 Å². The Morgan fingerprint density at radius 1 is 1.30 bits per heavy atom. The molecule has 0 bridgehead atoms. The standard InChI is InChI=1S/C19H18N4O4/c1-25-19-15(5-4-8-20-19)18(24)22-13-9-21-23(10-13)11-14-12-26-16-6-2-3-7-17(16)27-14/h2-10,14H,11-12H2,1H3,(H,22,24). The first-order chi connectivity index (χ1) is 13.2. The van der Waals surface area contributed by atoms with Gasteiger partial charge in [0.25, 0.3) is 5.91 Å². The number of methoxy groups -OCH3 is 1. The van der Waals surface area contributed by atoms with Crippen LogP contribution in [-0.2, 0) is 6.54 Å². The van der Waals surface area contributed by atoms with E-state index in [2.05, 4.69) is 15.4 Å². The molecule has 1 unspecified atom stereocenters. The van der Waals surface area contributed by atoms with Crippen molar-refractivity contribution in [3.05, 3.63) is 60.6 Å². The molecule has 0 saturated carbocycles. The summed E-state index contributed by atoms with van der Waals surface area (Å²) in [4.78, 5) is 16.4. The maximum absolute atomic E-state index is 12.4. The first-order valence-electron chi connectivity index (χ1n) is 8.44. The molecule has 1 atom stereocenters. The molecule has 3 heterocycles. The normalized spacial score (nSPS) is 15.2. The van der Waals surface area contributed by atoms with Crippen molar-refractivity contribution in [3.63, 3.8) is 0 Å². The van der Waals surface area contributed by atoms with Crippen molar-refractivity contribution in [1.29, 1.82) is 0 Å². The molecule has 8 nitrogen and oxygen atoms in total. The Morgan fingerprint density at radius 2 is 2.15 bits per heavy atom. The number of aromatic nitrogens is 3. The smallest absolute Gasteiger partial charge is 0.261 e. The van der Waals surface area contributed by atoms with Gasteiger partial charge in [0, 0.05) is 12.4 Å². The summed E-state index contributed by atoms with van der Waals surface area (Å²) in [7, 11) is 1.47. The number of pyridine rings is 1. The maximum atomic E-state index is 12.4. The lowest BCUT2D eigenvalue weighted by Crippen LogP contribution is -2.33. The number of fused-ring (bicyclic) bond motifs is 1. The summed E-state index contributed by atoms with van der Waals surface area (Å²) < 4.78 is 18.5. The van der Waals surface area contributed by atoms with Crippen LogP contribution >= 0.6 is 0 Å². The average molecular weight is 366 g/mol. The Balaban J connectivity index is 1.40. The molecule has 138 valence electrons. The summed E-state index contributed by atoms with van der Waals surface area (Å²) in [5.41, 5.74) is 0.927. The van der Waals surface area contributed by atoms with Crippen LogP contribution in [0, 0.1) is 0 Å². The van der Waals surface area contributed by atoms with Gasteiger partial charge < -0.3 is 19.5 Å². The largest absolute Gasteiger partial charge is 0.486 e. The van der Waals surface area contributed by atoms with Crippen LogP contribution in [0.5, 0.6) is 17.4 Å². The molecule has 0 radical (unpaired) electrons. The van der Waals surface area contributed by atoms with Crippen molar-refractivity contribution >= 4 is 11.6 Å². The molecular weight excluding hydrogens is 348 g/mol. The SMILES string of the molecule is COc1ncccc1C(=O)Nc1cnn(CC2COc3ccccc3O2)c1. The van der Waals surface area contributed by atoms with E-state index in [4.69, 9.17) is 14.2 Å². The number of amides is 1. The fourth-order valence-electron chi connectivity index (χ4n) is 2.81. The van der Waals surface area contributed by atoms with Crippen LogP contribution < -0.4 is 19.5 Å². The van der Waals surface area contributed by atoms with Gasteiger partial charge in [-0.15, -0.1) is 0 Å². The van der Waals surface area contributed by atoms with Crippen molar-refractivity contribution in [3.8, 4) is 17.4 Å². The van der Waals surface area contributed by atoms with E-state index in [1.165, 1.54) is 7.11 Å². The third-order valence-corrected chi connectivity index (χ3v) is 4.06. The number of nitrogens with one attached hydrogen (secondary N) is 1. The van der Waals surface area contributed by atoms with Gasteiger partial charge in [-0.25, -0.2) is 4.98 Å². The zero-order valence-electron chi connectivity index (χ0n) is 14.7. The van der Waals surface area contributed by atoms with Gasteiger partial charge in [-0.3, -0.25) is 9.48 Å². The zero-order chi connectivity index (χ0) is 18.6. The van der Waals surface area contributed by atoms with Gasteiger partial charge in [-0.2, -0.15) is 5.10 Å². The molecule has 3 aromatic rings. The van der Waals surface area contributed by atoms with E-state index in [9.17, 15) is 4.79 Å². The van der Waals surface area contributed by atoms with Gasteiger partial charge >= 0.3 is 0 Å². The fraction of sp³-hybridized carbons (Fsp3) is 0.211. The molecular formula is C19H18N4O4. The van der Waals surface area contributed by atoms with Gasteiger partial charge in [0.1, 0.15) is 12.2 Å². The Labute approximate surface area is 155 Å². The van der Waals surface area contributed by atoms with E-state index in [-0.39, 0.29) is 17.9 Å². The van der Waals surface area contributed by atoms with E-state index < -0.39 is 0 Å². The van der Waals surface area contributed by atoms with E-state index >= 15 is 0 Å². The number of hydrogen-bond acceptors (Lipinski definition) is 6. The van der Waals surface area contributed by atoms with Gasteiger partial charge in [-0.1, -0.05) is 12.1 Å². The highest BCUT2D eigenvalue weighted by Crippen LogP contribution is 2.31. The van der Waals surface area contributed by atoms with Gasteiger partial charge in [0.2, 0.25) is 5.88 Å². The predicted octanol–water partition coefficient (Wildman–Crippen LogP) is 2.38. The van der Waals surface area contributed by atoms with Crippen molar-refractivity contribution in [1.82, 2.24) is 14.8 Å². The molecule has 1 N–H and O–H groups in total. The molecule has 0 saturated heterocycles. The lowest BCUT2D eigenvalue weighted by Gasteiger charge is -2.26. The quantitative estimate of drug-likeness (QED) is 0.746. The summed E-state index contributed by atoms with van der Waals surface area (Å²) in [5.74, 6) is 1.42. The monoisotopic (exact) mass is 366 g/mol. The Kier molecular flexibility index (Phi) is 4.61. The van der Waals surface area contributed by atoms with Crippen molar-refractivity contribution < 1.29 is 19.0 Å². The highest BCUT2D eigenvalue weighted by molar-refractivity contribution is 6.05. The van der Waals surface area contributed by atoms with Gasteiger partial charge in [0.15, 0.2) is 17.6 Å². The summed E-state index contributed by atoms with van der Waals surface area (Å²) in [6.07, 6.45) is 4.72. The molecule has 2 aromatic heterocycles. The second-order valence-corrected chi connectivity index (χ2v) is 5.96. The zero-order valence-corrected chi connectivity index (χ0v) is 14.7. The maximum Gasteiger partial charge on any atom is 0.261 e. The number of nitrogens with zero attached hydrogens (tertiary/aromatic N) is 3. The molecule has 0 spiro atoms. The van der Waals surface area contributed by atoms with Crippen LogP contribution in [0.15, 0.2) is 55.0 Å². The molecule has 0 fully saturated rings. The molecule has 1 aliphatic heterocycles. The molecule has 4 rings (SSSR count). The molecule has 1 aromatic carbocycles. The van der Waals surface area contributed by atoms with Crippen molar-refractivity contribution in [2.24, 2.45) is 0 Å². The van der Waals surface area contributed by atoms with Crippen LogP contribution in [-0.4, -0.2) is 40.5 Å². The number of rotatable bonds is 5. The van der Waals surface area contributed by atoms with Gasteiger partial charge in [0.05, 0.1) is 25.5 Å². The first-order valence-corrected chi connectivity index (χ1v) is 8.44. The lowest BCUT2D eigenvalue weighted by molar-refractivity contribution is 0.0759. The predicted molar refractivity (Wildman–Crippen MR) is 97.3 cm³/mol. The number of anilines is 1. The second-order valence-electron chi connectivity index (χ2n) is 5.96. The highest BCUT2D eigenvalue weighted by atomic mass is 16.6. The minimum atomic E-state index is -0.314. The number of benzene rings is 1. The van der Waals surface area contributed by atoms with Crippen LogP contribution in [0.4, 0.5) is 5.69 Å². The van der Waals surface area contributed by atoms with Crippen LogP contribution in [0.1, 0.15) is 10.4 Å². The van der Waals surface area contributed by atoms with Crippen LogP contribution in [0.25, 0.3) is 0 Å². The Bertz CT molecular complexity index is 956. The van der Waals surface area contributed by atoms with E-state index in [0.29, 0.717) is 24.4 Å². The number of ether oxygens (including phenoxy) is 3. The first kappa shape index (κ1) is 16.9. The summed E-state index contributed by atoms with van der Waals surface area (Å²) in [5, 5.41) is 7.07. The minimum absolute atomic E-state index is 0.165. The summed E-state index contributed by atoms with van der Waals surface area (Å²) >= 11 is 0. The van der Waals surface area contributed by atoms with Crippen LogP contribution in [0.3, 0.4) is 0 Å². The second kappa shape index (κ2) is 7.36. The number of carbonyl (C=O) groups excluding carboxylic acids is 1. The third kappa shape index (κ3) is 3.69.